The lowest BCUT2D eigenvalue weighted by Crippen LogP contribution is -2.29. The summed E-state index contributed by atoms with van der Waals surface area (Å²) in [6, 6.07) is 9.29. The zero-order valence-electron chi connectivity index (χ0n) is 16.5. The fourth-order valence-electron chi connectivity index (χ4n) is 2.94. The van der Waals surface area contributed by atoms with Gasteiger partial charge in [0.25, 0.3) is 0 Å². The van der Waals surface area contributed by atoms with E-state index in [9.17, 15) is 8.42 Å². The highest BCUT2D eigenvalue weighted by molar-refractivity contribution is 7.89. The highest BCUT2D eigenvalue weighted by Gasteiger charge is 2.17. The van der Waals surface area contributed by atoms with Crippen molar-refractivity contribution < 1.29 is 8.42 Å². The second kappa shape index (κ2) is 8.12. The van der Waals surface area contributed by atoms with Crippen LogP contribution in [0.25, 0.3) is 5.82 Å². The molecule has 0 atom stereocenters. The molecule has 0 fully saturated rings. The minimum atomic E-state index is -3.56. The van der Waals surface area contributed by atoms with E-state index in [1.165, 1.54) is 0 Å². The van der Waals surface area contributed by atoms with Crippen LogP contribution >= 0.6 is 0 Å². The molecule has 0 spiro atoms. The van der Waals surface area contributed by atoms with Gasteiger partial charge in [0.2, 0.25) is 10.0 Å². The van der Waals surface area contributed by atoms with Crippen LogP contribution in [0.4, 0.5) is 5.82 Å². The van der Waals surface area contributed by atoms with Gasteiger partial charge in [-0.05, 0) is 62.6 Å². The first kappa shape index (κ1) is 20.0. The van der Waals surface area contributed by atoms with Crippen molar-refractivity contribution in [2.45, 2.75) is 32.6 Å². The van der Waals surface area contributed by atoms with E-state index in [1.54, 1.807) is 6.07 Å². The molecular formula is C20H25N5O2S. The lowest BCUT2D eigenvalue weighted by Gasteiger charge is -2.13. The molecule has 0 unspecified atom stereocenters. The zero-order chi connectivity index (χ0) is 20.3. The molecule has 2 heterocycles. The number of benzene rings is 1. The van der Waals surface area contributed by atoms with Crippen LogP contribution in [0.1, 0.15) is 22.5 Å². The minimum Gasteiger partial charge on any atom is -0.369 e. The summed E-state index contributed by atoms with van der Waals surface area (Å²) >= 11 is 0. The van der Waals surface area contributed by atoms with Crippen LogP contribution in [0.15, 0.2) is 47.6 Å². The third-order valence-electron chi connectivity index (χ3n) is 4.50. The molecule has 8 heteroatoms. The topological polar surface area (TPSA) is 88.9 Å². The summed E-state index contributed by atoms with van der Waals surface area (Å²) in [5, 5.41) is 3.16. The third-order valence-corrected chi connectivity index (χ3v) is 6.10. The molecule has 0 aliphatic rings. The van der Waals surface area contributed by atoms with Crippen molar-refractivity contribution in [2.24, 2.45) is 0 Å². The van der Waals surface area contributed by atoms with Gasteiger partial charge in [-0.3, -0.25) is 0 Å². The number of nitrogens with one attached hydrogen (secondary N) is 2. The average molecular weight is 400 g/mol. The number of sulfonamides is 1. The first-order valence-electron chi connectivity index (χ1n) is 9.07. The fraction of sp³-hybridized carbons (Fsp3) is 0.300. The Morgan fingerprint density at radius 3 is 2.29 bits per heavy atom. The molecule has 7 nitrogen and oxygen atoms in total. The normalized spacial score (nSPS) is 11.6. The maximum absolute atomic E-state index is 12.6. The van der Waals surface area contributed by atoms with Gasteiger partial charge in [0.1, 0.15) is 17.5 Å². The van der Waals surface area contributed by atoms with E-state index in [1.807, 2.05) is 68.9 Å². The molecule has 0 radical (unpaired) electrons. The van der Waals surface area contributed by atoms with Crippen molar-refractivity contribution in [3.05, 3.63) is 65.2 Å². The molecule has 0 aliphatic heterocycles. The largest absolute Gasteiger partial charge is 0.369 e. The molecule has 28 heavy (non-hydrogen) atoms. The standard InChI is InChI=1S/C20H25N5O2S/c1-14-11-16(3)18(12-15(14)2)28(26,27)22-8-7-21-19-13-20(24-17(4)23-19)25-9-5-6-10-25/h5-6,9-13,22H,7-8H2,1-4H3,(H,21,23,24). The van der Waals surface area contributed by atoms with E-state index < -0.39 is 10.0 Å². The van der Waals surface area contributed by atoms with E-state index in [-0.39, 0.29) is 6.54 Å². The number of rotatable bonds is 7. The van der Waals surface area contributed by atoms with E-state index in [2.05, 4.69) is 20.0 Å². The van der Waals surface area contributed by atoms with Gasteiger partial charge in [-0.25, -0.2) is 23.1 Å². The Morgan fingerprint density at radius 2 is 1.57 bits per heavy atom. The Labute approximate surface area is 165 Å². The van der Waals surface area contributed by atoms with E-state index in [4.69, 9.17) is 0 Å². The monoisotopic (exact) mass is 399 g/mol. The number of nitrogens with zero attached hydrogens (tertiary/aromatic N) is 3. The van der Waals surface area contributed by atoms with Gasteiger partial charge in [-0.2, -0.15) is 0 Å². The zero-order valence-corrected chi connectivity index (χ0v) is 17.3. The Morgan fingerprint density at radius 1 is 0.893 bits per heavy atom. The lowest BCUT2D eigenvalue weighted by molar-refractivity contribution is 0.582. The van der Waals surface area contributed by atoms with Gasteiger partial charge in [-0.1, -0.05) is 6.07 Å². The van der Waals surface area contributed by atoms with Gasteiger partial charge in [0.15, 0.2) is 0 Å². The maximum Gasteiger partial charge on any atom is 0.240 e. The quantitative estimate of drug-likeness (QED) is 0.597. The minimum absolute atomic E-state index is 0.247. The van der Waals surface area contributed by atoms with Crippen molar-refractivity contribution in [1.82, 2.24) is 19.3 Å². The SMILES string of the molecule is Cc1nc(NCCNS(=O)(=O)c2cc(C)c(C)cc2C)cc(-n2cccc2)n1. The number of hydrogen-bond acceptors (Lipinski definition) is 5. The van der Waals surface area contributed by atoms with Gasteiger partial charge in [0.05, 0.1) is 4.90 Å². The molecule has 2 aromatic heterocycles. The summed E-state index contributed by atoms with van der Waals surface area (Å²) < 4.78 is 29.8. The summed E-state index contributed by atoms with van der Waals surface area (Å²) in [5.41, 5.74) is 2.78. The van der Waals surface area contributed by atoms with Gasteiger partial charge >= 0.3 is 0 Å². The van der Waals surface area contributed by atoms with Crippen LogP contribution < -0.4 is 10.0 Å². The summed E-state index contributed by atoms with van der Waals surface area (Å²) in [6.45, 7) is 8.17. The lowest BCUT2D eigenvalue weighted by atomic mass is 10.1. The predicted octanol–water partition coefficient (Wildman–Crippen LogP) is 2.89. The Kier molecular flexibility index (Phi) is 5.81. The number of anilines is 1. The molecule has 0 saturated heterocycles. The van der Waals surface area contributed by atoms with E-state index >= 15 is 0 Å². The first-order chi connectivity index (χ1) is 13.3. The second-order valence-corrected chi connectivity index (χ2v) is 8.51. The third kappa shape index (κ3) is 4.58. The molecule has 0 aliphatic carbocycles. The molecule has 0 amide bonds. The number of hydrogen-bond donors (Lipinski definition) is 2. The molecule has 3 rings (SSSR count). The predicted molar refractivity (Wildman–Crippen MR) is 110 cm³/mol. The number of aryl methyl sites for hydroxylation is 4. The van der Waals surface area contributed by atoms with Crippen LogP contribution in [0.2, 0.25) is 0 Å². The summed E-state index contributed by atoms with van der Waals surface area (Å²) in [4.78, 5) is 9.09. The molecule has 0 saturated carbocycles. The van der Waals surface area contributed by atoms with E-state index in [0.717, 1.165) is 22.5 Å². The van der Waals surface area contributed by atoms with Gasteiger partial charge < -0.3 is 9.88 Å². The van der Waals surface area contributed by atoms with Crippen LogP contribution in [-0.2, 0) is 10.0 Å². The molecule has 0 bridgehead atoms. The molecular weight excluding hydrogens is 374 g/mol. The Hall–Kier alpha value is -2.71. The maximum atomic E-state index is 12.6. The van der Waals surface area contributed by atoms with E-state index in [0.29, 0.717) is 23.1 Å². The highest BCUT2D eigenvalue weighted by Crippen LogP contribution is 2.19. The van der Waals surface area contributed by atoms with Crippen molar-refractivity contribution in [3.63, 3.8) is 0 Å². The summed E-state index contributed by atoms with van der Waals surface area (Å²) in [7, 11) is -3.56. The molecule has 1 aromatic carbocycles. The molecule has 3 aromatic rings. The number of aromatic nitrogens is 3. The molecule has 148 valence electrons. The van der Waals surface area contributed by atoms with Crippen molar-refractivity contribution >= 4 is 15.8 Å². The van der Waals surface area contributed by atoms with Gasteiger partial charge in [0, 0.05) is 31.5 Å². The van der Waals surface area contributed by atoms with Crippen LogP contribution in [0.3, 0.4) is 0 Å². The van der Waals surface area contributed by atoms with Crippen LogP contribution in [0.5, 0.6) is 0 Å². The van der Waals surface area contributed by atoms with Crippen LogP contribution in [0, 0.1) is 27.7 Å². The average Bonchev–Trinajstić information content (AvgIpc) is 3.16. The van der Waals surface area contributed by atoms with Crippen molar-refractivity contribution in [1.29, 1.82) is 0 Å². The first-order valence-corrected chi connectivity index (χ1v) is 10.5. The Bertz CT molecular complexity index is 1080. The van der Waals surface area contributed by atoms with Crippen molar-refractivity contribution in [3.8, 4) is 5.82 Å². The van der Waals surface area contributed by atoms with Crippen molar-refractivity contribution in [2.75, 3.05) is 18.4 Å². The van der Waals surface area contributed by atoms with Crippen LogP contribution in [-0.4, -0.2) is 36.0 Å². The molecule has 2 N–H and O–H groups in total. The van der Waals surface area contributed by atoms with Gasteiger partial charge in [-0.15, -0.1) is 0 Å². The Balaban J connectivity index is 1.64. The summed E-state index contributed by atoms with van der Waals surface area (Å²) in [6.07, 6.45) is 3.82. The summed E-state index contributed by atoms with van der Waals surface area (Å²) in [5.74, 6) is 2.05. The fourth-order valence-corrected chi connectivity index (χ4v) is 4.28. The highest BCUT2D eigenvalue weighted by atomic mass is 32.2. The smallest absolute Gasteiger partial charge is 0.240 e. The second-order valence-electron chi connectivity index (χ2n) is 6.78.